The lowest BCUT2D eigenvalue weighted by molar-refractivity contribution is 1.41. The van der Waals surface area contributed by atoms with E-state index in [1.54, 1.807) is 6.20 Å². The van der Waals surface area contributed by atoms with E-state index in [4.69, 9.17) is 23.2 Å². The lowest BCUT2D eigenvalue weighted by Gasteiger charge is -2.02. The van der Waals surface area contributed by atoms with Crippen molar-refractivity contribution in [1.82, 2.24) is 4.98 Å². The van der Waals surface area contributed by atoms with Crippen LogP contribution in [0.4, 0.5) is 0 Å². The van der Waals surface area contributed by atoms with Crippen LogP contribution in [0.1, 0.15) is 0 Å². The minimum absolute atomic E-state index is 0.644. The van der Waals surface area contributed by atoms with E-state index < -0.39 is 0 Å². The van der Waals surface area contributed by atoms with Gasteiger partial charge < -0.3 is 0 Å². The summed E-state index contributed by atoms with van der Waals surface area (Å²) in [5.74, 6) is 0. The van der Waals surface area contributed by atoms with Crippen molar-refractivity contribution in [3.05, 3.63) is 40.0 Å². The van der Waals surface area contributed by atoms with Crippen molar-refractivity contribution < 1.29 is 0 Å². The Morgan fingerprint density at radius 2 is 1.92 bits per heavy atom. The quantitative estimate of drug-likeness (QED) is 0.722. The summed E-state index contributed by atoms with van der Waals surface area (Å²) in [4.78, 5) is 4.80. The zero-order valence-corrected chi connectivity index (χ0v) is 8.75. The first-order valence-corrected chi connectivity index (χ1v) is 5.12. The highest BCUT2D eigenvalue weighted by atomic mass is 35.5. The molecule has 1 radical (unpaired) electrons. The summed E-state index contributed by atoms with van der Waals surface area (Å²) in [5, 5.41) is 1.29. The second-order valence-electron chi connectivity index (χ2n) is 2.41. The normalized spacial score (nSPS) is 10.3. The van der Waals surface area contributed by atoms with Crippen LogP contribution in [-0.4, -0.2) is 4.98 Å². The van der Waals surface area contributed by atoms with Gasteiger partial charge in [-0.25, -0.2) is 4.98 Å². The Bertz CT molecular complexity index is 391. The van der Waals surface area contributed by atoms with Crippen LogP contribution >= 0.6 is 34.5 Å². The van der Waals surface area contributed by atoms with Crippen molar-refractivity contribution in [1.29, 1.82) is 0 Å². The topological polar surface area (TPSA) is 12.9 Å². The van der Waals surface area contributed by atoms with Crippen LogP contribution < -0.4 is 0 Å². The number of nitrogens with zero attached hydrogens (tertiary/aromatic N) is 1. The van der Waals surface area contributed by atoms with Crippen LogP contribution in [0.15, 0.2) is 24.4 Å². The van der Waals surface area contributed by atoms with Gasteiger partial charge in [0.05, 0.1) is 14.9 Å². The van der Waals surface area contributed by atoms with Gasteiger partial charge >= 0.3 is 0 Å². The Balaban J connectivity index is 2.64. The standard InChI is InChI=1S/C9H4Cl2NS/c10-6-2-1-3-7(11)9(6)8-4-12-5-13-8/h1-4H. The van der Waals surface area contributed by atoms with Crippen LogP contribution in [0.2, 0.25) is 10.0 Å². The van der Waals surface area contributed by atoms with E-state index in [2.05, 4.69) is 10.5 Å². The molecule has 2 aromatic rings. The number of hydrogen-bond donors (Lipinski definition) is 0. The first-order chi connectivity index (χ1) is 6.29. The van der Waals surface area contributed by atoms with Gasteiger partial charge in [0.1, 0.15) is 0 Å². The molecule has 0 spiro atoms. The smallest absolute Gasteiger partial charge is 0.152 e. The molecule has 1 nitrogen and oxygen atoms in total. The van der Waals surface area contributed by atoms with Crippen molar-refractivity contribution in [2.45, 2.75) is 0 Å². The molecule has 0 saturated carbocycles. The SMILES string of the molecule is Clc1cccc(Cl)c1-c1cn[c]s1. The summed E-state index contributed by atoms with van der Waals surface area (Å²) < 4.78 is 0. The Morgan fingerprint density at radius 3 is 2.46 bits per heavy atom. The fraction of sp³-hybridized carbons (Fsp3) is 0. The summed E-state index contributed by atoms with van der Waals surface area (Å²) in [6.45, 7) is 0. The Kier molecular flexibility index (Phi) is 2.54. The second-order valence-corrected chi connectivity index (χ2v) is 4.05. The molecule has 0 atom stereocenters. The van der Waals surface area contributed by atoms with Crippen LogP contribution in [0.25, 0.3) is 10.4 Å². The van der Waals surface area contributed by atoms with Crippen LogP contribution in [0, 0.1) is 5.51 Å². The monoisotopic (exact) mass is 228 g/mol. The second kappa shape index (κ2) is 3.66. The first-order valence-electron chi connectivity index (χ1n) is 3.55. The molecule has 0 aliphatic carbocycles. The zero-order valence-electron chi connectivity index (χ0n) is 6.42. The lowest BCUT2D eigenvalue weighted by Crippen LogP contribution is -1.76. The molecule has 0 bridgehead atoms. The first kappa shape index (κ1) is 9.00. The van der Waals surface area contributed by atoms with Gasteiger partial charge in [-0.3, -0.25) is 0 Å². The van der Waals surface area contributed by atoms with Crippen LogP contribution in [-0.2, 0) is 0 Å². The molecule has 1 aromatic carbocycles. The van der Waals surface area contributed by atoms with Gasteiger partial charge in [-0.2, -0.15) is 0 Å². The van der Waals surface area contributed by atoms with Crippen molar-refractivity contribution in [2.24, 2.45) is 0 Å². The summed E-state index contributed by atoms with van der Waals surface area (Å²) in [6, 6.07) is 5.43. The number of aromatic nitrogens is 1. The maximum atomic E-state index is 6.00. The Labute approximate surface area is 90.0 Å². The molecule has 1 heterocycles. The largest absolute Gasteiger partial charge is 0.241 e. The zero-order chi connectivity index (χ0) is 9.26. The highest BCUT2D eigenvalue weighted by Crippen LogP contribution is 2.35. The predicted octanol–water partition coefficient (Wildman–Crippen LogP) is 3.92. The van der Waals surface area contributed by atoms with E-state index in [0.717, 1.165) is 10.4 Å². The molecule has 0 aliphatic rings. The molecular formula is C9H4Cl2NS. The maximum Gasteiger partial charge on any atom is 0.152 e. The molecule has 1 aromatic heterocycles. The molecule has 2 rings (SSSR count). The van der Waals surface area contributed by atoms with E-state index in [9.17, 15) is 0 Å². The molecule has 0 aliphatic heterocycles. The predicted molar refractivity (Wildman–Crippen MR) is 56.4 cm³/mol. The van der Waals surface area contributed by atoms with Gasteiger partial charge in [-0.15, -0.1) is 11.3 Å². The fourth-order valence-electron chi connectivity index (χ4n) is 1.04. The average Bonchev–Trinajstić information content (AvgIpc) is 2.57. The van der Waals surface area contributed by atoms with E-state index in [1.165, 1.54) is 11.3 Å². The number of rotatable bonds is 1. The van der Waals surface area contributed by atoms with E-state index in [0.29, 0.717) is 10.0 Å². The van der Waals surface area contributed by atoms with Crippen LogP contribution in [0.5, 0.6) is 0 Å². The van der Waals surface area contributed by atoms with Gasteiger partial charge in [0.2, 0.25) is 0 Å². The Morgan fingerprint density at radius 1 is 1.23 bits per heavy atom. The number of hydrogen-bond acceptors (Lipinski definition) is 2. The molecular weight excluding hydrogens is 225 g/mol. The third-order valence-corrected chi connectivity index (χ3v) is 2.96. The molecule has 0 fully saturated rings. The van der Waals surface area contributed by atoms with Crippen molar-refractivity contribution in [3.63, 3.8) is 0 Å². The number of benzene rings is 1. The molecule has 0 N–H and O–H groups in total. The van der Waals surface area contributed by atoms with Crippen LogP contribution in [0.3, 0.4) is 0 Å². The summed E-state index contributed by atoms with van der Waals surface area (Å²) in [6.07, 6.45) is 1.71. The van der Waals surface area contributed by atoms with Crippen molar-refractivity contribution >= 4 is 34.5 Å². The summed E-state index contributed by atoms with van der Waals surface area (Å²) in [7, 11) is 0. The third-order valence-electron chi connectivity index (χ3n) is 1.60. The molecule has 4 heteroatoms. The Hall–Kier alpha value is -0.570. The summed E-state index contributed by atoms with van der Waals surface area (Å²) >= 11 is 13.4. The minimum Gasteiger partial charge on any atom is -0.241 e. The number of thiazole rings is 1. The highest BCUT2D eigenvalue weighted by Gasteiger charge is 2.08. The minimum atomic E-state index is 0.644. The van der Waals surface area contributed by atoms with Gasteiger partial charge in [0.25, 0.3) is 0 Å². The maximum absolute atomic E-state index is 6.00. The molecule has 0 amide bonds. The molecule has 65 valence electrons. The molecule has 0 unspecified atom stereocenters. The van der Waals surface area contributed by atoms with E-state index in [-0.39, 0.29) is 0 Å². The lowest BCUT2D eigenvalue weighted by atomic mass is 10.2. The van der Waals surface area contributed by atoms with Crippen molar-refractivity contribution in [3.8, 4) is 10.4 Å². The van der Waals surface area contributed by atoms with E-state index >= 15 is 0 Å². The van der Waals surface area contributed by atoms with Crippen molar-refractivity contribution in [2.75, 3.05) is 0 Å². The van der Waals surface area contributed by atoms with Gasteiger partial charge in [0.15, 0.2) is 5.51 Å². The highest BCUT2D eigenvalue weighted by molar-refractivity contribution is 7.12. The fourth-order valence-corrected chi connectivity index (χ4v) is 2.38. The third kappa shape index (κ3) is 1.70. The van der Waals surface area contributed by atoms with Gasteiger partial charge in [0, 0.05) is 11.8 Å². The van der Waals surface area contributed by atoms with Gasteiger partial charge in [-0.05, 0) is 12.1 Å². The molecule has 13 heavy (non-hydrogen) atoms. The number of halogens is 2. The van der Waals surface area contributed by atoms with Gasteiger partial charge in [-0.1, -0.05) is 29.3 Å². The summed E-state index contributed by atoms with van der Waals surface area (Å²) in [5.41, 5.74) is 3.59. The average molecular weight is 229 g/mol. The molecule has 0 saturated heterocycles. The van der Waals surface area contributed by atoms with E-state index in [1.807, 2.05) is 18.2 Å².